The predicted octanol–water partition coefficient (Wildman–Crippen LogP) is 3.38. The molecule has 0 fully saturated rings. The number of rotatable bonds is 2. The monoisotopic (exact) mass is 273 g/mol. The summed E-state index contributed by atoms with van der Waals surface area (Å²) in [7, 11) is 1.60. The van der Waals surface area contributed by atoms with E-state index in [-0.39, 0.29) is 5.69 Å². The molecule has 0 unspecified atom stereocenters. The molecule has 0 spiro atoms. The largest absolute Gasteiger partial charge is 0.419 e. The van der Waals surface area contributed by atoms with Crippen molar-refractivity contribution in [2.45, 2.75) is 13.1 Å². The van der Waals surface area contributed by atoms with Crippen molar-refractivity contribution < 1.29 is 17.6 Å². The summed E-state index contributed by atoms with van der Waals surface area (Å²) in [5, 5.41) is 2.76. The third kappa shape index (κ3) is 2.54. The molecule has 0 aliphatic carbocycles. The highest BCUT2D eigenvalue weighted by atomic mass is 19.4. The van der Waals surface area contributed by atoms with Gasteiger partial charge < -0.3 is 5.32 Å². The summed E-state index contributed by atoms with van der Waals surface area (Å²) >= 11 is 0. The molecule has 0 amide bonds. The molecule has 3 nitrogen and oxygen atoms in total. The van der Waals surface area contributed by atoms with Crippen LogP contribution in [0.3, 0.4) is 0 Å². The summed E-state index contributed by atoms with van der Waals surface area (Å²) in [6, 6.07) is 2.83. The van der Waals surface area contributed by atoms with Gasteiger partial charge >= 0.3 is 6.18 Å². The van der Waals surface area contributed by atoms with Crippen molar-refractivity contribution in [3.8, 4) is 5.69 Å². The summed E-state index contributed by atoms with van der Waals surface area (Å²) in [6.45, 7) is 1.71. The summed E-state index contributed by atoms with van der Waals surface area (Å²) < 4.78 is 52.6. The van der Waals surface area contributed by atoms with Crippen molar-refractivity contribution in [3.63, 3.8) is 0 Å². The molecule has 0 aliphatic rings. The van der Waals surface area contributed by atoms with Crippen LogP contribution in [0.25, 0.3) is 5.69 Å². The number of halogens is 4. The first kappa shape index (κ1) is 13.4. The van der Waals surface area contributed by atoms with Crippen molar-refractivity contribution in [2.24, 2.45) is 0 Å². The fourth-order valence-electron chi connectivity index (χ4n) is 1.75. The molecule has 0 saturated heterocycles. The molecule has 2 aromatic rings. The first-order valence-corrected chi connectivity index (χ1v) is 5.44. The lowest BCUT2D eigenvalue weighted by Crippen LogP contribution is -2.10. The normalized spacial score (nSPS) is 11.7. The maximum atomic E-state index is 13.2. The van der Waals surface area contributed by atoms with Gasteiger partial charge in [-0.2, -0.15) is 13.2 Å². The molecule has 0 aliphatic heterocycles. The smallest absolute Gasteiger partial charge is 0.358 e. The van der Waals surface area contributed by atoms with Crippen LogP contribution < -0.4 is 5.32 Å². The molecule has 102 valence electrons. The Hall–Kier alpha value is -2.05. The minimum Gasteiger partial charge on any atom is -0.358 e. The van der Waals surface area contributed by atoms with Crippen molar-refractivity contribution >= 4 is 5.95 Å². The van der Waals surface area contributed by atoms with E-state index in [2.05, 4.69) is 10.3 Å². The average molecular weight is 273 g/mol. The number of anilines is 1. The number of benzene rings is 1. The highest BCUT2D eigenvalue weighted by Gasteiger charge is 2.34. The lowest BCUT2D eigenvalue weighted by molar-refractivity contribution is -0.140. The number of aromatic nitrogens is 2. The number of hydrogen-bond donors (Lipinski definition) is 1. The van der Waals surface area contributed by atoms with E-state index in [9.17, 15) is 17.6 Å². The van der Waals surface area contributed by atoms with E-state index in [0.717, 1.165) is 12.1 Å². The SMILES string of the molecule is CNc1nc(C)cn1-c1ccc(F)c(C(F)(F)F)c1. The van der Waals surface area contributed by atoms with Gasteiger partial charge in [-0.3, -0.25) is 4.57 Å². The maximum absolute atomic E-state index is 13.2. The molecule has 1 aromatic carbocycles. The van der Waals surface area contributed by atoms with Crippen LogP contribution in [-0.4, -0.2) is 16.6 Å². The Bertz CT molecular complexity index is 602. The van der Waals surface area contributed by atoms with Gasteiger partial charge in [0.2, 0.25) is 5.95 Å². The first-order chi connectivity index (χ1) is 8.82. The fraction of sp³-hybridized carbons (Fsp3) is 0.250. The molecule has 1 aromatic heterocycles. The van der Waals surface area contributed by atoms with E-state index in [4.69, 9.17) is 0 Å². The van der Waals surface area contributed by atoms with Crippen LogP contribution in [0.2, 0.25) is 0 Å². The summed E-state index contributed by atoms with van der Waals surface area (Å²) in [4.78, 5) is 4.10. The van der Waals surface area contributed by atoms with E-state index in [1.165, 1.54) is 10.6 Å². The zero-order valence-corrected chi connectivity index (χ0v) is 10.2. The number of hydrogen-bond acceptors (Lipinski definition) is 2. The van der Waals surface area contributed by atoms with Gasteiger partial charge in [0.05, 0.1) is 11.3 Å². The van der Waals surface area contributed by atoms with Crippen molar-refractivity contribution in [3.05, 3.63) is 41.5 Å². The zero-order chi connectivity index (χ0) is 14.2. The highest BCUT2D eigenvalue weighted by Crippen LogP contribution is 2.33. The Morgan fingerprint density at radius 3 is 2.53 bits per heavy atom. The van der Waals surface area contributed by atoms with Gasteiger partial charge in [-0.05, 0) is 25.1 Å². The van der Waals surface area contributed by atoms with E-state index in [0.29, 0.717) is 11.6 Å². The van der Waals surface area contributed by atoms with Gasteiger partial charge in [0.1, 0.15) is 5.82 Å². The topological polar surface area (TPSA) is 29.9 Å². The zero-order valence-electron chi connectivity index (χ0n) is 10.2. The maximum Gasteiger partial charge on any atom is 0.419 e. The van der Waals surface area contributed by atoms with Crippen LogP contribution in [0, 0.1) is 12.7 Å². The molecule has 1 heterocycles. The quantitative estimate of drug-likeness (QED) is 0.850. The Morgan fingerprint density at radius 2 is 1.95 bits per heavy atom. The van der Waals surface area contributed by atoms with Crippen molar-refractivity contribution in [1.82, 2.24) is 9.55 Å². The summed E-state index contributed by atoms with van der Waals surface area (Å²) in [5.74, 6) is -0.906. The van der Waals surface area contributed by atoms with Gasteiger partial charge in [-0.1, -0.05) is 0 Å². The van der Waals surface area contributed by atoms with E-state index >= 15 is 0 Å². The number of alkyl halides is 3. The molecule has 0 atom stereocenters. The molecule has 19 heavy (non-hydrogen) atoms. The molecule has 7 heteroatoms. The fourth-order valence-corrected chi connectivity index (χ4v) is 1.75. The predicted molar refractivity (Wildman–Crippen MR) is 62.8 cm³/mol. The second kappa shape index (κ2) is 4.56. The average Bonchev–Trinajstić information content (AvgIpc) is 2.69. The van der Waals surface area contributed by atoms with Gasteiger partial charge in [-0.25, -0.2) is 9.37 Å². The van der Waals surface area contributed by atoms with Crippen molar-refractivity contribution in [1.29, 1.82) is 0 Å². The number of imidazole rings is 1. The third-order valence-electron chi connectivity index (χ3n) is 2.58. The molecule has 2 rings (SSSR count). The van der Waals surface area contributed by atoms with Crippen LogP contribution in [-0.2, 0) is 6.18 Å². The molecular weight excluding hydrogens is 262 g/mol. The van der Waals surface area contributed by atoms with E-state index < -0.39 is 17.6 Å². The number of nitrogens with zero attached hydrogens (tertiary/aromatic N) is 2. The Kier molecular flexibility index (Phi) is 3.21. The number of nitrogens with one attached hydrogen (secondary N) is 1. The van der Waals surface area contributed by atoms with Crippen LogP contribution >= 0.6 is 0 Å². The van der Waals surface area contributed by atoms with Gasteiger partial charge in [0.25, 0.3) is 0 Å². The lowest BCUT2D eigenvalue weighted by atomic mass is 10.2. The minimum atomic E-state index is -4.73. The van der Waals surface area contributed by atoms with Crippen LogP contribution in [0.4, 0.5) is 23.5 Å². The van der Waals surface area contributed by atoms with Gasteiger partial charge in [0, 0.05) is 18.9 Å². The van der Waals surface area contributed by atoms with Crippen LogP contribution in [0.15, 0.2) is 24.4 Å². The third-order valence-corrected chi connectivity index (χ3v) is 2.58. The molecule has 1 N–H and O–H groups in total. The van der Waals surface area contributed by atoms with E-state index in [1.54, 1.807) is 20.2 Å². The second-order valence-corrected chi connectivity index (χ2v) is 3.99. The summed E-state index contributed by atoms with van der Waals surface area (Å²) in [5.41, 5.74) is -0.459. The molecule has 0 bridgehead atoms. The lowest BCUT2D eigenvalue weighted by Gasteiger charge is -2.12. The van der Waals surface area contributed by atoms with Crippen LogP contribution in [0.1, 0.15) is 11.3 Å². The Morgan fingerprint density at radius 1 is 1.26 bits per heavy atom. The summed E-state index contributed by atoms with van der Waals surface area (Å²) in [6.07, 6.45) is -3.16. The Labute approximate surface area is 106 Å². The number of aryl methyl sites for hydroxylation is 1. The van der Waals surface area contributed by atoms with Crippen molar-refractivity contribution in [2.75, 3.05) is 12.4 Å². The Balaban J connectivity index is 2.57. The minimum absolute atomic E-state index is 0.193. The van der Waals surface area contributed by atoms with Gasteiger partial charge in [0.15, 0.2) is 0 Å². The first-order valence-electron chi connectivity index (χ1n) is 5.44. The molecule has 0 radical (unpaired) electrons. The second-order valence-electron chi connectivity index (χ2n) is 3.99. The van der Waals surface area contributed by atoms with E-state index in [1.807, 2.05) is 0 Å². The van der Waals surface area contributed by atoms with Gasteiger partial charge in [-0.15, -0.1) is 0 Å². The standard InChI is InChI=1S/C12H11F4N3/c1-7-6-19(11(17-2)18-7)8-3-4-10(13)9(5-8)12(14,15)16/h3-6H,1-2H3,(H,17,18). The highest BCUT2D eigenvalue weighted by molar-refractivity contribution is 5.45. The van der Waals surface area contributed by atoms with Crippen LogP contribution in [0.5, 0.6) is 0 Å². The molecular formula is C12H11F4N3. The molecule has 0 saturated carbocycles.